The second-order valence-corrected chi connectivity index (χ2v) is 11.0. The molecule has 3 aromatic rings. The van der Waals surface area contributed by atoms with E-state index in [9.17, 15) is 4.79 Å². The lowest BCUT2D eigenvalue weighted by molar-refractivity contribution is -0.127. The summed E-state index contributed by atoms with van der Waals surface area (Å²) in [4.78, 5) is 22.9. The van der Waals surface area contributed by atoms with Crippen molar-refractivity contribution in [2.75, 3.05) is 11.9 Å². The Morgan fingerprint density at radius 1 is 1.22 bits per heavy atom. The van der Waals surface area contributed by atoms with Crippen molar-refractivity contribution in [1.29, 1.82) is 0 Å². The molecule has 2 fully saturated rings. The Labute approximate surface area is 215 Å². The van der Waals surface area contributed by atoms with Crippen LogP contribution in [0.25, 0.3) is 10.9 Å². The van der Waals surface area contributed by atoms with Gasteiger partial charge in [-0.2, -0.15) is 0 Å². The number of hydrogen-bond acceptors (Lipinski definition) is 3. The molecule has 3 heterocycles. The van der Waals surface area contributed by atoms with Gasteiger partial charge in [-0.1, -0.05) is 52.8 Å². The number of aromatic nitrogens is 2. The Morgan fingerprint density at radius 3 is 2.69 bits per heavy atom. The number of terminal acetylenes is 1. The number of nitrogens with one attached hydrogen (secondary N) is 2. The molecule has 0 bridgehead atoms. The summed E-state index contributed by atoms with van der Waals surface area (Å²) in [6.45, 7) is 11.7. The third-order valence-electron chi connectivity index (χ3n) is 8.83. The zero-order chi connectivity index (χ0) is 25.7. The number of anilines is 1. The molecule has 188 valence electrons. The molecule has 1 amide bonds. The first-order valence-corrected chi connectivity index (χ1v) is 13.5. The van der Waals surface area contributed by atoms with Crippen LogP contribution in [-0.4, -0.2) is 32.9 Å². The number of rotatable bonds is 4. The Hall–Kier alpha value is -3.26. The standard InChI is InChI=1S/C29H32N4O.C2H6/c1-5-25(34)33-13-12-22-21-8-6-7-9-23(21)31-26(22)27(33)24-11-10-20(16-30-24)32-29-15-19(4)14-28(29,17-29)18(2)3;1-2/h1,6-11,16,18-19,27,31-32H,12-15,17H2,2-4H3;1-2H3. The molecule has 3 aliphatic rings. The van der Waals surface area contributed by atoms with Crippen LogP contribution in [0.2, 0.25) is 0 Å². The van der Waals surface area contributed by atoms with Crippen LogP contribution < -0.4 is 5.32 Å². The van der Waals surface area contributed by atoms with E-state index in [4.69, 9.17) is 11.4 Å². The van der Waals surface area contributed by atoms with Gasteiger partial charge in [-0.15, -0.1) is 6.42 Å². The number of carbonyl (C=O) groups is 1. The number of benzene rings is 1. The van der Waals surface area contributed by atoms with E-state index in [1.54, 1.807) is 4.90 Å². The highest BCUT2D eigenvalue weighted by molar-refractivity contribution is 5.94. The van der Waals surface area contributed by atoms with E-state index in [0.717, 1.165) is 34.9 Å². The number of amides is 1. The minimum atomic E-state index is -0.311. The lowest BCUT2D eigenvalue weighted by Crippen LogP contribution is -2.40. The minimum absolute atomic E-state index is 0.199. The number of fused-ring (bicyclic) bond motifs is 4. The second kappa shape index (κ2) is 9.00. The van der Waals surface area contributed by atoms with Gasteiger partial charge in [0.2, 0.25) is 0 Å². The van der Waals surface area contributed by atoms with Gasteiger partial charge in [0.15, 0.2) is 0 Å². The maximum atomic E-state index is 12.7. The molecule has 0 saturated heterocycles. The van der Waals surface area contributed by atoms with Gasteiger partial charge >= 0.3 is 0 Å². The van der Waals surface area contributed by atoms with Gasteiger partial charge in [-0.05, 0) is 72.6 Å². The monoisotopic (exact) mass is 482 g/mol. The Morgan fingerprint density at radius 2 is 2.00 bits per heavy atom. The topological polar surface area (TPSA) is 61.0 Å². The molecule has 1 aliphatic heterocycles. The molecule has 0 radical (unpaired) electrons. The van der Waals surface area contributed by atoms with Gasteiger partial charge in [-0.25, -0.2) is 0 Å². The van der Waals surface area contributed by atoms with Crippen molar-refractivity contribution in [2.45, 2.75) is 71.9 Å². The van der Waals surface area contributed by atoms with E-state index in [-0.39, 0.29) is 17.5 Å². The highest BCUT2D eigenvalue weighted by Gasteiger charge is 2.72. The van der Waals surface area contributed by atoms with E-state index < -0.39 is 0 Å². The van der Waals surface area contributed by atoms with Crippen molar-refractivity contribution in [2.24, 2.45) is 17.3 Å². The fourth-order valence-electron chi connectivity index (χ4n) is 7.31. The van der Waals surface area contributed by atoms with Crippen LogP contribution in [0.4, 0.5) is 5.69 Å². The van der Waals surface area contributed by atoms with Crippen LogP contribution in [-0.2, 0) is 11.2 Å². The summed E-state index contributed by atoms with van der Waals surface area (Å²) in [6, 6.07) is 12.2. The molecule has 2 saturated carbocycles. The Balaban J connectivity index is 0.00000130. The lowest BCUT2D eigenvalue weighted by atomic mass is 9.87. The van der Waals surface area contributed by atoms with E-state index in [1.165, 1.54) is 30.2 Å². The summed E-state index contributed by atoms with van der Waals surface area (Å²) in [6.07, 6.45) is 12.0. The van der Waals surface area contributed by atoms with E-state index in [1.807, 2.05) is 26.1 Å². The first kappa shape index (κ1) is 24.4. The molecule has 2 N–H and O–H groups in total. The van der Waals surface area contributed by atoms with Crippen molar-refractivity contribution in [3.05, 3.63) is 59.5 Å². The predicted molar refractivity (Wildman–Crippen MR) is 147 cm³/mol. The number of pyridine rings is 1. The average Bonchev–Trinajstić information content (AvgIpc) is 3.19. The molecule has 36 heavy (non-hydrogen) atoms. The highest BCUT2D eigenvalue weighted by atomic mass is 16.2. The molecule has 6 rings (SSSR count). The van der Waals surface area contributed by atoms with Gasteiger partial charge in [0.25, 0.3) is 5.91 Å². The van der Waals surface area contributed by atoms with Crippen LogP contribution in [0.3, 0.4) is 0 Å². The fourth-order valence-corrected chi connectivity index (χ4v) is 7.31. The molecule has 2 aliphatic carbocycles. The Kier molecular flexibility index (Phi) is 6.11. The van der Waals surface area contributed by atoms with Crippen LogP contribution in [0.15, 0.2) is 42.6 Å². The van der Waals surface area contributed by atoms with Crippen LogP contribution in [0.5, 0.6) is 0 Å². The van der Waals surface area contributed by atoms with E-state index in [0.29, 0.717) is 17.9 Å². The summed E-state index contributed by atoms with van der Waals surface area (Å²) in [7, 11) is 0. The predicted octanol–water partition coefficient (Wildman–Crippen LogP) is 6.32. The normalized spacial score (nSPS) is 28.1. The highest BCUT2D eigenvalue weighted by Crippen LogP contribution is 2.72. The number of hydrogen-bond donors (Lipinski definition) is 2. The molecule has 4 unspecified atom stereocenters. The smallest absolute Gasteiger partial charge is 0.299 e. The minimum Gasteiger partial charge on any atom is -0.378 e. The summed E-state index contributed by atoms with van der Waals surface area (Å²) >= 11 is 0. The summed E-state index contributed by atoms with van der Waals surface area (Å²) in [5.41, 5.74) is 5.86. The number of para-hydroxylation sites is 1. The van der Waals surface area contributed by atoms with Crippen LogP contribution in [0, 0.1) is 29.6 Å². The summed E-state index contributed by atoms with van der Waals surface area (Å²) in [5.74, 6) is 3.45. The van der Waals surface area contributed by atoms with Crippen molar-refractivity contribution in [3.63, 3.8) is 0 Å². The maximum absolute atomic E-state index is 12.7. The fraction of sp³-hybridized carbons (Fsp3) is 0.484. The van der Waals surface area contributed by atoms with Crippen molar-refractivity contribution >= 4 is 22.5 Å². The molecule has 5 nitrogen and oxygen atoms in total. The lowest BCUT2D eigenvalue weighted by Gasteiger charge is -2.34. The average molecular weight is 483 g/mol. The number of carbonyl (C=O) groups excluding carboxylic acids is 1. The third kappa shape index (κ3) is 3.61. The molecule has 5 heteroatoms. The van der Waals surface area contributed by atoms with E-state index >= 15 is 0 Å². The SMILES string of the molecule is C#CC(=O)N1CCc2c([nH]c3ccccc23)C1c1ccc(NC23CC(C)CC2(C(C)C)C3)cn1.CC. The van der Waals surface area contributed by atoms with Gasteiger partial charge in [-0.3, -0.25) is 9.78 Å². The van der Waals surface area contributed by atoms with Gasteiger partial charge < -0.3 is 15.2 Å². The van der Waals surface area contributed by atoms with Gasteiger partial charge in [0.1, 0.15) is 6.04 Å². The summed E-state index contributed by atoms with van der Waals surface area (Å²) < 4.78 is 0. The van der Waals surface area contributed by atoms with Crippen LogP contribution in [0.1, 0.15) is 76.9 Å². The van der Waals surface area contributed by atoms with Crippen molar-refractivity contribution in [3.8, 4) is 12.3 Å². The van der Waals surface area contributed by atoms with Gasteiger partial charge in [0, 0.05) is 28.7 Å². The molecule has 0 spiro atoms. The van der Waals surface area contributed by atoms with E-state index in [2.05, 4.69) is 67.3 Å². The summed E-state index contributed by atoms with van der Waals surface area (Å²) in [5, 5.41) is 5.09. The molecule has 2 aromatic heterocycles. The number of nitrogens with zero attached hydrogens (tertiary/aromatic N) is 2. The molecular formula is C31H38N4O. The van der Waals surface area contributed by atoms with Crippen LogP contribution >= 0.6 is 0 Å². The third-order valence-corrected chi connectivity index (χ3v) is 8.83. The molecular weight excluding hydrogens is 444 g/mol. The first-order valence-electron chi connectivity index (χ1n) is 13.5. The second-order valence-electron chi connectivity index (χ2n) is 11.0. The zero-order valence-corrected chi connectivity index (χ0v) is 22.2. The number of aromatic amines is 1. The Bertz CT molecular complexity index is 1320. The zero-order valence-electron chi connectivity index (χ0n) is 22.2. The van der Waals surface area contributed by atoms with Gasteiger partial charge in [0.05, 0.1) is 17.6 Å². The number of H-pyrrole nitrogens is 1. The first-order chi connectivity index (χ1) is 17.4. The van der Waals surface area contributed by atoms with Crippen molar-refractivity contribution < 1.29 is 4.79 Å². The largest absolute Gasteiger partial charge is 0.378 e. The maximum Gasteiger partial charge on any atom is 0.299 e. The van der Waals surface area contributed by atoms with Crippen molar-refractivity contribution in [1.82, 2.24) is 14.9 Å². The quantitative estimate of drug-likeness (QED) is 0.428. The molecule has 4 atom stereocenters. The molecule has 1 aromatic carbocycles.